The van der Waals surface area contributed by atoms with E-state index in [0.717, 1.165) is 10.1 Å². The summed E-state index contributed by atoms with van der Waals surface area (Å²) in [5.41, 5.74) is 5.84. The number of halogens is 1. The molecule has 0 aliphatic heterocycles. The number of rotatable bonds is 6. The molecule has 2 aromatic carbocycles. The van der Waals surface area contributed by atoms with Crippen LogP contribution in [-0.4, -0.2) is 29.9 Å². The van der Waals surface area contributed by atoms with E-state index >= 15 is 0 Å². The molecular formula is C23H23ClN4O4S2. The second-order valence-electron chi connectivity index (χ2n) is 7.69. The standard InChI is InChI=1S/C23H23ClN4O4S2/c1-12(2)10-18(29)25-14-6-4-13(5-7-14)21(30)27-28-23(33)26-22(31)20-19(24)16-9-8-15(32-3)11-17(16)34-20/h4-9,11-12H,10H2,1-3H3,(H,25,29)(H,27,30)(H2,26,28,31,33). The molecule has 0 spiro atoms. The number of nitrogens with one attached hydrogen (secondary N) is 4. The average Bonchev–Trinajstić information content (AvgIpc) is 3.13. The third kappa shape index (κ3) is 6.43. The van der Waals surface area contributed by atoms with Gasteiger partial charge in [-0.2, -0.15) is 0 Å². The summed E-state index contributed by atoms with van der Waals surface area (Å²) >= 11 is 12.7. The molecule has 3 rings (SSSR count). The van der Waals surface area contributed by atoms with E-state index < -0.39 is 11.8 Å². The van der Waals surface area contributed by atoms with Gasteiger partial charge in [0.25, 0.3) is 11.8 Å². The SMILES string of the molecule is COc1ccc2c(Cl)c(C(=O)NC(=S)NNC(=O)c3ccc(NC(=O)CC(C)C)cc3)sc2c1. The first-order valence-electron chi connectivity index (χ1n) is 10.3. The van der Waals surface area contributed by atoms with Gasteiger partial charge in [-0.1, -0.05) is 25.4 Å². The Hall–Kier alpha value is -3.21. The van der Waals surface area contributed by atoms with Crippen molar-refractivity contribution < 1.29 is 19.1 Å². The second kappa shape index (κ2) is 11.3. The lowest BCUT2D eigenvalue weighted by molar-refractivity contribution is -0.116. The number of hydrogen-bond acceptors (Lipinski definition) is 6. The quantitative estimate of drug-likeness (QED) is 0.283. The topological polar surface area (TPSA) is 109 Å². The largest absolute Gasteiger partial charge is 0.497 e. The van der Waals surface area contributed by atoms with E-state index in [1.54, 1.807) is 49.6 Å². The molecule has 0 saturated heterocycles. The molecule has 178 valence electrons. The number of amides is 3. The van der Waals surface area contributed by atoms with E-state index in [-0.39, 0.29) is 21.8 Å². The van der Waals surface area contributed by atoms with Gasteiger partial charge in [-0.15, -0.1) is 11.3 Å². The molecule has 0 aliphatic carbocycles. The zero-order valence-corrected chi connectivity index (χ0v) is 21.0. The van der Waals surface area contributed by atoms with Gasteiger partial charge >= 0.3 is 0 Å². The zero-order valence-electron chi connectivity index (χ0n) is 18.7. The van der Waals surface area contributed by atoms with Crippen LogP contribution in [0.1, 0.15) is 40.3 Å². The van der Waals surface area contributed by atoms with Gasteiger partial charge in [0.05, 0.1) is 12.1 Å². The van der Waals surface area contributed by atoms with Crippen molar-refractivity contribution in [3.05, 3.63) is 57.9 Å². The minimum Gasteiger partial charge on any atom is -0.497 e. The molecule has 8 nitrogen and oxygen atoms in total. The highest BCUT2D eigenvalue weighted by atomic mass is 35.5. The monoisotopic (exact) mass is 518 g/mol. The maximum absolute atomic E-state index is 12.6. The van der Waals surface area contributed by atoms with Gasteiger partial charge in [0.2, 0.25) is 5.91 Å². The minimum absolute atomic E-state index is 0.0900. The first kappa shape index (κ1) is 25.4. The maximum atomic E-state index is 12.6. The van der Waals surface area contributed by atoms with Gasteiger partial charge < -0.3 is 10.1 Å². The van der Waals surface area contributed by atoms with E-state index in [2.05, 4.69) is 21.5 Å². The number of methoxy groups -OCH3 is 1. The van der Waals surface area contributed by atoms with Gasteiger partial charge in [0, 0.05) is 27.8 Å². The Kier molecular flexibility index (Phi) is 8.43. The van der Waals surface area contributed by atoms with Crippen LogP contribution < -0.4 is 26.2 Å². The number of carbonyl (C=O) groups excluding carboxylic acids is 3. The molecule has 0 atom stereocenters. The second-order valence-corrected chi connectivity index (χ2v) is 9.53. The average molecular weight is 519 g/mol. The molecule has 1 aromatic heterocycles. The Bertz CT molecular complexity index is 1240. The molecule has 3 amide bonds. The van der Waals surface area contributed by atoms with Crippen molar-refractivity contribution in [2.75, 3.05) is 12.4 Å². The number of carbonyl (C=O) groups is 3. The predicted octanol–water partition coefficient (Wildman–Crippen LogP) is 4.50. The van der Waals surface area contributed by atoms with Gasteiger partial charge in [0.15, 0.2) is 5.11 Å². The normalized spacial score (nSPS) is 10.6. The number of anilines is 1. The summed E-state index contributed by atoms with van der Waals surface area (Å²) in [6.45, 7) is 3.92. The van der Waals surface area contributed by atoms with E-state index in [9.17, 15) is 14.4 Å². The van der Waals surface area contributed by atoms with Crippen LogP contribution in [0.25, 0.3) is 10.1 Å². The van der Waals surface area contributed by atoms with Crippen molar-refractivity contribution in [3.63, 3.8) is 0 Å². The van der Waals surface area contributed by atoms with Crippen molar-refractivity contribution >= 4 is 73.8 Å². The summed E-state index contributed by atoms with van der Waals surface area (Å²) in [7, 11) is 1.56. The molecule has 1 heterocycles. The summed E-state index contributed by atoms with van der Waals surface area (Å²) in [4.78, 5) is 37.1. The third-order valence-electron chi connectivity index (χ3n) is 4.58. The summed E-state index contributed by atoms with van der Waals surface area (Å²) in [5, 5.41) is 6.22. The molecule has 11 heteroatoms. The van der Waals surface area contributed by atoms with E-state index in [0.29, 0.717) is 28.4 Å². The van der Waals surface area contributed by atoms with Gasteiger partial charge in [-0.3, -0.25) is 30.6 Å². The third-order valence-corrected chi connectivity index (χ3v) is 6.44. The number of hydrogen-bond donors (Lipinski definition) is 4. The van der Waals surface area contributed by atoms with Crippen LogP contribution in [0.4, 0.5) is 5.69 Å². The zero-order chi connectivity index (χ0) is 24.8. The van der Waals surface area contributed by atoms with Crippen molar-refractivity contribution in [3.8, 4) is 5.75 Å². The van der Waals surface area contributed by atoms with Crippen LogP contribution in [0.5, 0.6) is 5.75 Å². The first-order chi connectivity index (χ1) is 16.2. The van der Waals surface area contributed by atoms with Crippen LogP contribution in [0.2, 0.25) is 5.02 Å². The minimum atomic E-state index is -0.501. The van der Waals surface area contributed by atoms with E-state index in [1.807, 2.05) is 13.8 Å². The first-order valence-corrected chi connectivity index (χ1v) is 11.9. The maximum Gasteiger partial charge on any atom is 0.269 e. The highest BCUT2D eigenvalue weighted by Gasteiger charge is 2.19. The summed E-state index contributed by atoms with van der Waals surface area (Å²) in [5.74, 6) is -0.156. The molecular weight excluding hydrogens is 496 g/mol. The van der Waals surface area contributed by atoms with Crippen molar-refractivity contribution in [1.82, 2.24) is 16.2 Å². The lowest BCUT2D eigenvalue weighted by atomic mass is 10.1. The lowest BCUT2D eigenvalue weighted by Gasteiger charge is -2.11. The van der Waals surface area contributed by atoms with Crippen LogP contribution >= 0.6 is 35.2 Å². The molecule has 34 heavy (non-hydrogen) atoms. The Morgan fingerprint density at radius 3 is 2.41 bits per heavy atom. The fraction of sp³-hybridized carbons (Fsp3) is 0.217. The Morgan fingerprint density at radius 1 is 1.06 bits per heavy atom. The highest BCUT2D eigenvalue weighted by Crippen LogP contribution is 2.37. The van der Waals surface area contributed by atoms with Crippen LogP contribution in [0, 0.1) is 5.92 Å². The van der Waals surface area contributed by atoms with E-state index in [4.69, 9.17) is 28.6 Å². The molecule has 0 bridgehead atoms. The Balaban J connectivity index is 1.54. The number of ether oxygens (including phenoxy) is 1. The molecule has 4 N–H and O–H groups in total. The molecule has 0 aliphatic rings. The van der Waals surface area contributed by atoms with Gasteiger partial charge in [-0.25, -0.2) is 0 Å². The Labute approximate surface area is 211 Å². The molecule has 0 saturated carbocycles. The van der Waals surface area contributed by atoms with Crippen LogP contribution in [-0.2, 0) is 4.79 Å². The number of fused-ring (bicyclic) bond motifs is 1. The van der Waals surface area contributed by atoms with Crippen molar-refractivity contribution in [2.24, 2.45) is 5.92 Å². The number of thiocarbonyl (C=S) groups is 1. The number of thiophene rings is 1. The van der Waals surface area contributed by atoms with E-state index in [1.165, 1.54) is 11.3 Å². The molecule has 0 radical (unpaired) electrons. The fourth-order valence-corrected chi connectivity index (χ4v) is 4.57. The highest BCUT2D eigenvalue weighted by molar-refractivity contribution is 7.80. The smallest absolute Gasteiger partial charge is 0.269 e. The molecule has 0 unspecified atom stereocenters. The summed E-state index contributed by atoms with van der Waals surface area (Å²) in [6.07, 6.45) is 0.413. The number of hydrazine groups is 1. The molecule has 0 fully saturated rings. The van der Waals surface area contributed by atoms with Crippen LogP contribution in [0.3, 0.4) is 0 Å². The molecule has 3 aromatic rings. The van der Waals surface area contributed by atoms with Crippen molar-refractivity contribution in [2.45, 2.75) is 20.3 Å². The van der Waals surface area contributed by atoms with Crippen molar-refractivity contribution in [1.29, 1.82) is 0 Å². The number of benzene rings is 2. The Morgan fingerprint density at radius 2 is 1.76 bits per heavy atom. The summed E-state index contributed by atoms with van der Waals surface area (Å²) < 4.78 is 5.99. The lowest BCUT2D eigenvalue weighted by Crippen LogP contribution is -2.48. The fourth-order valence-electron chi connectivity index (χ4n) is 2.98. The predicted molar refractivity (Wildman–Crippen MR) is 139 cm³/mol. The summed E-state index contributed by atoms with van der Waals surface area (Å²) in [6, 6.07) is 11.7. The van der Waals surface area contributed by atoms with Gasteiger partial charge in [-0.05, 0) is 60.6 Å². The van der Waals surface area contributed by atoms with Gasteiger partial charge in [0.1, 0.15) is 10.6 Å². The van der Waals surface area contributed by atoms with Crippen LogP contribution in [0.15, 0.2) is 42.5 Å².